The van der Waals surface area contributed by atoms with E-state index in [0.717, 1.165) is 12.8 Å². The maximum atomic E-state index is 12.5. The molecule has 6 heteroatoms. The second-order valence-corrected chi connectivity index (χ2v) is 7.59. The summed E-state index contributed by atoms with van der Waals surface area (Å²) in [6.45, 7) is 9.53. The summed E-state index contributed by atoms with van der Waals surface area (Å²) in [5, 5.41) is 0.181. The third-order valence-corrected chi connectivity index (χ3v) is 4.83. The first-order valence-corrected chi connectivity index (χ1v) is 8.26. The van der Waals surface area contributed by atoms with Gasteiger partial charge in [-0.3, -0.25) is 0 Å². The summed E-state index contributed by atoms with van der Waals surface area (Å²) < 4.78 is 26.5. The van der Waals surface area contributed by atoms with Gasteiger partial charge in [0.15, 0.2) is 5.03 Å². The standard InChI is InChI=1S/C13H25N3O2S/c1-11(2)5-7-16(8-6-12(3)4)19(17,18)13-9-14-10-15-13/h9-12H,5-8H2,1-4H3,(H,14,15). The Hall–Kier alpha value is -0.880. The van der Waals surface area contributed by atoms with Gasteiger partial charge < -0.3 is 4.98 Å². The summed E-state index contributed by atoms with van der Waals surface area (Å²) in [5.74, 6) is 0.969. The normalized spacial score (nSPS) is 12.8. The van der Waals surface area contributed by atoms with E-state index in [9.17, 15) is 8.42 Å². The minimum atomic E-state index is -3.43. The molecule has 0 saturated heterocycles. The van der Waals surface area contributed by atoms with Crippen molar-refractivity contribution < 1.29 is 8.42 Å². The summed E-state index contributed by atoms with van der Waals surface area (Å²) in [6, 6.07) is 0. The molecule has 0 aliphatic rings. The molecule has 0 saturated carbocycles. The molecule has 19 heavy (non-hydrogen) atoms. The number of aromatic nitrogens is 2. The van der Waals surface area contributed by atoms with Gasteiger partial charge in [-0.15, -0.1) is 0 Å². The van der Waals surface area contributed by atoms with Crippen LogP contribution in [0.15, 0.2) is 17.6 Å². The quantitative estimate of drug-likeness (QED) is 0.799. The van der Waals surface area contributed by atoms with Crippen LogP contribution in [0.3, 0.4) is 0 Å². The average Bonchev–Trinajstić information content (AvgIpc) is 2.81. The Labute approximate surface area is 116 Å². The zero-order valence-corrected chi connectivity index (χ0v) is 13.1. The topological polar surface area (TPSA) is 66.1 Å². The van der Waals surface area contributed by atoms with Crippen molar-refractivity contribution >= 4 is 10.0 Å². The molecule has 1 aromatic heterocycles. The van der Waals surface area contributed by atoms with Crippen LogP contribution in [-0.2, 0) is 10.0 Å². The van der Waals surface area contributed by atoms with Gasteiger partial charge in [-0.1, -0.05) is 27.7 Å². The molecule has 0 spiro atoms. The summed E-state index contributed by atoms with van der Waals surface area (Å²) in [6.07, 6.45) is 4.50. The lowest BCUT2D eigenvalue weighted by molar-refractivity contribution is 0.356. The van der Waals surface area contributed by atoms with Gasteiger partial charge in [0.2, 0.25) is 0 Å². The third kappa shape index (κ3) is 4.95. The van der Waals surface area contributed by atoms with Crippen molar-refractivity contribution in [1.82, 2.24) is 14.3 Å². The van der Waals surface area contributed by atoms with Crippen molar-refractivity contribution in [3.05, 3.63) is 12.5 Å². The predicted octanol–water partition coefficient (Wildman–Crippen LogP) is 2.49. The van der Waals surface area contributed by atoms with Crippen LogP contribution in [0.5, 0.6) is 0 Å². The number of hydrogen-bond acceptors (Lipinski definition) is 3. The molecule has 0 atom stereocenters. The molecule has 0 unspecified atom stereocenters. The van der Waals surface area contributed by atoms with Crippen LogP contribution >= 0.6 is 0 Å². The number of sulfonamides is 1. The number of aromatic amines is 1. The van der Waals surface area contributed by atoms with Crippen LogP contribution in [-0.4, -0.2) is 35.8 Å². The molecular weight excluding hydrogens is 262 g/mol. The van der Waals surface area contributed by atoms with E-state index < -0.39 is 10.0 Å². The Bertz CT molecular complexity index is 440. The molecule has 0 aliphatic heterocycles. The zero-order chi connectivity index (χ0) is 14.5. The fraction of sp³-hybridized carbons (Fsp3) is 0.769. The number of hydrogen-bond donors (Lipinski definition) is 1. The summed E-state index contributed by atoms with van der Waals surface area (Å²) in [4.78, 5) is 6.49. The maximum Gasteiger partial charge on any atom is 0.260 e. The van der Waals surface area contributed by atoms with E-state index in [0.29, 0.717) is 24.9 Å². The molecule has 110 valence electrons. The number of rotatable bonds is 8. The number of H-pyrrole nitrogens is 1. The van der Waals surface area contributed by atoms with Gasteiger partial charge >= 0.3 is 0 Å². The van der Waals surface area contributed by atoms with Crippen molar-refractivity contribution in [2.24, 2.45) is 11.8 Å². The first-order valence-electron chi connectivity index (χ1n) is 6.82. The van der Waals surface area contributed by atoms with E-state index in [1.807, 2.05) is 0 Å². The largest absolute Gasteiger partial charge is 0.335 e. The van der Waals surface area contributed by atoms with Gasteiger partial charge in [0.1, 0.15) is 0 Å². The lowest BCUT2D eigenvalue weighted by Gasteiger charge is -2.23. The van der Waals surface area contributed by atoms with Gasteiger partial charge in [0, 0.05) is 13.1 Å². The molecule has 1 N–H and O–H groups in total. The highest BCUT2D eigenvalue weighted by molar-refractivity contribution is 7.89. The van der Waals surface area contributed by atoms with Crippen LogP contribution < -0.4 is 0 Å². The van der Waals surface area contributed by atoms with Gasteiger partial charge in [0.25, 0.3) is 10.0 Å². The lowest BCUT2D eigenvalue weighted by Crippen LogP contribution is -2.34. The minimum Gasteiger partial charge on any atom is -0.335 e. The summed E-state index contributed by atoms with van der Waals surface area (Å²) in [7, 11) is -3.43. The maximum absolute atomic E-state index is 12.5. The molecule has 0 amide bonds. The first kappa shape index (κ1) is 16.2. The summed E-state index contributed by atoms with van der Waals surface area (Å²) in [5.41, 5.74) is 0. The SMILES string of the molecule is CC(C)CCN(CCC(C)C)S(=O)(=O)c1cnc[nH]1. The van der Waals surface area contributed by atoms with Crippen LogP contribution in [0.1, 0.15) is 40.5 Å². The molecule has 1 aromatic rings. The minimum absolute atomic E-state index is 0.181. The smallest absolute Gasteiger partial charge is 0.260 e. The monoisotopic (exact) mass is 287 g/mol. The number of nitrogens with zero attached hydrogens (tertiary/aromatic N) is 2. The average molecular weight is 287 g/mol. The first-order chi connectivity index (χ1) is 8.84. The second kappa shape index (κ2) is 7.05. The third-order valence-electron chi connectivity index (χ3n) is 3.00. The second-order valence-electron chi connectivity index (χ2n) is 5.68. The molecule has 1 heterocycles. The van der Waals surface area contributed by atoms with Crippen molar-refractivity contribution in [1.29, 1.82) is 0 Å². The number of nitrogens with one attached hydrogen (secondary N) is 1. The zero-order valence-electron chi connectivity index (χ0n) is 12.3. The molecule has 1 rings (SSSR count). The Morgan fingerprint density at radius 2 is 1.68 bits per heavy atom. The highest BCUT2D eigenvalue weighted by Gasteiger charge is 2.25. The van der Waals surface area contributed by atoms with Gasteiger partial charge in [-0.2, -0.15) is 4.31 Å². The van der Waals surface area contributed by atoms with E-state index in [-0.39, 0.29) is 5.03 Å². The van der Waals surface area contributed by atoms with E-state index in [1.54, 1.807) is 4.31 Å². The molecule has 0 aliphatic carbocycles. The van der Waals surface area contributed by atoms with Crippen LogP contribution in [0.25, 0.3) is 0 Å². The Kier molecular flexibility index (Phi) is 6.00. The van der Waals surface area contributed by atoms with E-state index in [1.165, 1.54) is 12.5 Å². The molecule has 0 radical (unpaired) electrons. The summed E-state index contributed by atoms with van der Waals surface area (Å²) >= 11 is 0. The molecule has 5 nitrogen and oxygen atoms in total. The lowest BCUT2D eigenvalue weighted by atomic mass is 10.1. The molecular formula is C13H25N3O2S. The van der Waals surface area contributed by atoms with E-state index in [2.05, 4.69) is 37.7 Å². The Morgan fingerprint density at radius 3 is 2.05 bits per heavy atom. The van der Waals surface area contributed by atoms with Crippen LogP contribution in [0, 0.1) is 11.8 Å². The van der Waals surface area contributed by atoms with E-state index in [4.69, 9.17) is 0 Å². The highest BCUT2D eigenvalue weighted by Crippen LogP contribution is 2.16. The fourth-order valence-electron chi connectivity index (χ4n) is 1.68. The molecule has 0 fully saturated rings. The van der Waals surface area contributed by atoms with Crippen LogP contribution in [0.2, 0.25) is 0 Å². The highest BCUT2D eigenvalue weighted by atomic mass is 32.2. The van der Waals surface area contributed by atoms with E-state index >= 15 is 0 Å². The van der Waals surface area contributed by atoms with Crippen molar-refractivity contribution in [2.75, 3.05) is 13.1 Å². The van der Waals surface area contributed by atoms with Gasteiger partial charge in [-0.25, -0.2) is 13.4 Å². The van der Waals surface area contributed by atoms with Crippen molar-refractivity contribution in [3.8, 4) is 0 Å². The fourth-order valence-corrected chi connectivity index (χ4v) is 3.05. The van der Waals surface area contributed by atoms with Gasteiger partial charge in [-0.05, 0) is 24.7 Å². The Morgan fingerprint density at radius 1 is 1.16 bits per heavy atom. The molecule has 0 bridgehead atoms. The predicted molar refractivity (Wildman–Crippen MR) is 76.3 cm³/mol. The Balaban J connectivity index is 2.82. The molecule has 0 aromatic carbocycles. The van der Waals surface area contributed by atoms with Crippen molar-refractivity contribution in [2.45, 2.75) is 45.6 Å². The van der Waals surface area contributed by atoms with Crippen LogP contribution in [0.4, 0.5) is 0 Å². The number of imidazole rings is 1. The van der Waals surface area contributed by atoms with Gasteiger partial charge in [0.05, 0.1) is 12.5 Å². The van der Waals surface area contributed by atoms with Crippen molar-refractivity contribution in [3.63, 3.8) is 0 Å².